The number of benzene rings is 1. The summed E-state index contributed by atoms with van der Waals surface area (Å²) in [5.74, 6) is 0.996. The van der Waals surface area contributed by atoms with Gasteiger partial charge in [-0.3, -0.25) is 0 Å². The van der Waals surface area contributed by atoms with Gasteiger partial charge in [0.1, 0.15) is 5.75 Å². The fourth-order valence-corrected chi connectivity index (χ4v) is 3.30. The summed E-state index contributed by atoms with van der Waals surface area (Å²) in [6.45, 7) is 0.797. The standard InChI is InChI=1S/C19H25F3N6O/c20-19(21,22)29-16-4-2-1-3-13(16)10-26-18-27-11-15(24)17(28-18)25-9-12-5-7-14(23)8-6-12/h1-4,11-12,14H,5-10,23-24H2,(H2,25,26,27,28)/t12-,14-. The zero-order valence-electron chi connectivity index (χ0n) is 15.9. The SMILES string of the molecule is Nc1cnc(NCc2ccccc2OC(F)(F)F)nc1NC[C@H]1CC[C@H](N)CC1. The zero-order chi connectivity index (χ0) is 20.9. The molecule has 1 aromatic heterocycles. The Balaban J connectivity index is 1.60. The predicted octanol–water partition coefficient (Wildman–Crippen LogP) is 3.50. The van der Waals surface area contributed by atoms with E-state index in [1.165, 1.54) is 18.3 Å². The lowest BCUT2D eigenvalue weighted by Gasteiger charge is -2.26. The molecule has 29 heavy (non-hydrogen) atoms. The first-order chi connectivity index (χ1) is 13.8. The van der Waals surface area contributed by atoms with Gasteiger partial charge in [0.25, 0.3) is 0 Å². The van der Waals surface area contributed by atoms with Crippen LogP contribution in [0.3, 0.4) is 0 Å². The number of nitrogen functional groups attached to an aromatic ring is 1. The van der Waals surface area contributed by atoms with Crippen molar-refractivity contribution in [3.8, 4) is 5.75 Å². The maximum Gasteiger partial charge on any atom is 0.573 e. The average Bonchev–Trinajstić information content (AvgIpc) is 2.67. The number of ether oxygens (including phenoxy) is 1. The lowest BCUT2D eigenvalue weighted by Crippen LogP contribution is -2.29. The van der Waals surface area contributed by atoms with Gasteiger partial charge in [0, 0.05) is 24.7 Å². The smallest absolute Gasteiger partial charge is 0.405 e. The number of halogens is 3. The number of nitrogens with two attached hydrogens (primary N) is 2. The van der Waals surface area contributed by atoms with Crippen LogP contribution < -0.4 is 26.8 Å². The molecule has 0 unspecified atom stereocenters. The molecule has 1 saturated carbocycles. The lowest BCUT2D eigenvalue weighted by atomic mass is 9.86. The van der Waals surface area contributed by atoms with E-state index in [0.717, 1.165) is 32.2 Å². The Bertz CT molecular complexity index is 809. The maximum atomic E-state index is 12.5. The van der Waals surface area contributed by atoms with Crippen LogP contribution in [0, 0.1) is 5.92 Å². The van der Waals surface area contributed by atoms with Gasteiger partial charge in [-0.25, -0.2) is 4.98 Å². The van der Waals surface area contributed by atoms with Gasteiger partial charge >= 0.3 is 6.36 Å². The van der Waals surface area contributed by atoms with Crippen molar-refractivity contribution in [3.63, 3.8) is 0 Å². The zero-order valence-corrected chi connectivity index (χ0v) is 15.9. The molecule has 1 aliphatic rings. The second-order valence-electron chi connectivity index (χ2n) is 7.17. The van der Waals surface area contributed by atoms with Crippen molar-refractivity contribution >= 4 is 17.5 Å². The molecule has 0 spiro atoms. The molecule has 0 aliphatic heterocycles. The number of alkyl halides is 3. The van der Waals surface area contributed by atoms with Crippen LogP contribution in [0.25, 0.3) is 0 Å². The van der Waals surface area contributed by atoms with Crippen LogP contribution in [0.15, 0.2) is 30.5 Å². The van der Waals surface area contributed by atoms with E-state index >= 15 is 0 Å². The number of aromatic nitrogens is 2. The van der Waals surface area contributed by atoms with Gasteiger partial charge in [-0.2, -0.15) is 4.98 Å². The van der Waals surface area contributed by atoms with Crippen LogP contribution in [0.4, 0.5) is 30.6 Å². The van der Waals surface area contributed by atoms with Crippen molar-refractivity contribution in [2.45, 2.75) is 44.6 Å². The van der Waals surface area contributed by atoms with Crippen LogP contribution in [-0.4, -0.2) is 28.9 Å². The molecule has 1 fully saturated rings. The summed E-state index contributed by atoms with van der Waals surface area (Å²) in [5, 5.41) is 6.16. The fourth-order valence-electron chi connectivity index (χ4n) is 3.30. The normalized spacial score (nSPS) is 19.6. The molecule has 0 bridgehead atoms. The minimum Gasteiger partial charge on any atom is -0.405 e. The molecular formula is C19H25F3N6O. The number of nitrogens with one attached hydrogen (secondary N) is 2. The van der Waals surface area contributed by atoms with E-state index in [2.05, 4.69) is 25.3 Å². The van der Waals surface area contributed by atoms with Gasteiger partial charge in [0.05, 0.1) is 11.9 Å². The van der Waals surface area contributed by atoms with Crippen molar-refractivity contribution in [3.05, 3.63) is 36.0 Å². The third-order valence-electron chi connectivity index (χ3n) is 4.90. The van der Waals surface area contributed by atoms with Gasteiger partial charge in [-0.15, -0.1) is 13.2 Å². The van der Waals surface area contributed by atoms with Crippen LogP contribution in [0.1, 0.15) is 31.2 Å². The number of rotatable bonds is 7. The molecule has 0 atom stereocenters. The van der Waals surface area contributed by atoms with Crippen molar-refractivity contribution < 1.29 is 17.9 Å². The minimum atomic E-state index is -4.76. The Morgan fingerprint density at radius 2 is 1.83 bits per heavy atom. The Labute approximate surface area is 167 Å². The first kappa shape index (κ1) is 21.0. The topological polar surface area (TPSA) is 111 Å². The van der Waals surface area contributed by atoms with Crippen LogP contribution in [0.5, 0.6) is 5.75 Å². The third-order valence-corrected chi connectivity index (χ3v) is 4.90. The summed E-state index contributed by atoms with van der Waals surface area (Å²) >= 11 is 0. The number of para-hydroxylation sites is 1. The monoisotopic (exact) mass is 410 g/mol. The first-order valence-electron chi connectivity index (χ1n) is 9.49. The predicted molar refractivity (Wildman–Crippen MR) is 105 cm³/mol. The van der Waals surface area contributed by atoms with Crippen molar-refractivity contribution in [1.29, 1.82) is 0 Å². The molecular weight excluding hydrogens is 385 g/mol. The van der Waals surface area contributed by atoms with Crippen molar-refractivity contribution in [1.82, 2.24) is 9.97 Å². The van der Waals surface area contributed by atoms with E-state index in [0.29, 0.717) is 23.0 Å². The molecule has 0 amide bonds. The van der Waals surface area contributed by atoms with Crippen molar-refractivity contribution in [2.24, 2.45) is 11.7 Å². The molecule has 1 aromatic carbocycles. The van der Waals surface area contributed by atoms with Gasteiger partial charge < -0.3 is 26.8 Å². The second kappa shape index (κ2) is 9.17. The molecule has 0 radical (unpaired) electrons. The van der Waals surface area contributed by atoms with Crippen LogP contribution >= 0.6 is 0 Å². The van der Waals surface area contributed by atoms with Crippen molar-refractivity contribution in [2.75, 3.05) is 22.9 Å². The van der Waals surface area contributed by atoms with Gasteiger partial charge in [-0.05, 0) is 37.7 Å². The number of hydrogen-bond donors (Lipinski definition) is 4. The highest BCUT2D eigenvalue weighted by molar-refractivity contribution is 5.61. The Hall–Kier alpha value is -2.75. The number of nitrogens with zero attached hydrogens (tertiary/aromatic N) is 2. The van der Waals surface area contributed by atoms with E-state index in [1.807, 2.05) is 0 Å². The fraction of sp³-hybridized carbons (Fsp3) is 0.474. The molecule has 2 aromatic rings. The summed E-state index contributed by atoms with van der Waals surface area (Å²) in [7, 11) is 0. The second-order valence-corrected chi connectivity index (χ2v) is 7.17. The summed E-state index contributed by atoms with van der Waals surface area (Å²) in [5.41, 5.74) is 12.6. The third kappa shape index (κ3) is 6.38. The van der Waals surface area contributed by atoms with Crippen LogP contribution in [-0.2, 0) is 6.54 Å². The molecule has 7 nitrogen and oxygen atoms in total. The van der Waals surface area contributed by atoms with Gasteiger partial charge in [-0.1, -0.05) is 18.2 Å². The molecule has 0 saturated heterocycles. The van der Waals surface area contributed by atoms with Crippen LogP contribution in [0.2, 0.25) is 0 Å². The molecule has 6 N–H and O–H groups in total. The largest absolute Gasteiger partial charge is 0.573 e. The summed E-state index contributed by atoms with van der Waals surface area (Å²) in [6.07, 6.45) is 0.844. The molecule has 1 aliphatic carbocycles. The van der Waals surface area contributed by atoms with E-state index < -0.39 is 6.36 Å². The summed E-state index contributed by atoms with van der Waals surface area (Å²) in [6, 6.07) is 6.20. The molecule has 1 heterocycles. The highest BCUT2D eigenvalue weighted by atomic mass is 19.4. The van der Waals surface area contributed by atoms with E-state index in [4.69, 9.17) is 11.5 Å². The quantitative estimate of drug-likeness (QED) is 0.553. The molecule has 158 valence electrons. The average molecular weight is 410 g/mol. The maximum absolute atomic E-state index is 12.5. The van der Waals surface area contributed by atoms with E-state index in [-0.39, 0.29) is 24.3 Å². The first-order valence-corrected chi connectivity index (χ1v) is 9.49. The van der Waals surface area contributed by atoms with E-state index in [1.54, 1.807) is 12.1 Å². The Kier molecular flexibility index (Phi) is 6.63. The highest BCUT2D eigenvalue weighted by Gasteiger charge is 2.32. The minimum absolute atomic E-state index is 0.0656. The Morgan fingerprint density at radius 3 is 2.55 bits per heavy atom. The molecule has 3 rings (SSSR count). The summed E-state index contributed by atoms with van der Waals surface area (Å²) < 4.78 is 41.7. The van der Waals surface area contributed by atoms with E-state index in [9.17, 15) is 13.2 Å². The number of hydrogen-bond acceptors (Lipinski definition) is 7. The number of anilines is 3. The summed E-state index contributed by atoms with van der Waals surface area (Å²) in [4.78, 5) is 8.44. The molecule has 10 heteroatoms. The van der Waals surface area contributed by atoms with Gasteiger partial charge in [0.15, 0.2) is 5.82 Å². The Morgan fingerprint density at radius 1 is 1.10 bits per heavy atom. The highest BCUT2D eigenvalue weighted by Crippen LogP contribution is 2.27. The van der Waals surface area contributed by atoms with Gasteiger partial charge in [0.2, 0.25) is 5.95 Å². The lowest BCUT2D eigenvalue weighted by molar-refractivity contribution is -0.274.